The molecule has 1 atom stereocenters. The highest BCUT2D eigenvalue weighted by Crippen LogP contribution is 2.48. The molecule has 1 unspecified atom stereocenters. The molecule has 0 amide bonds. The van der Waals surface area contributed by atoms with E-state index in [1.165, 1.54) is 19.8 Å². The number of unbranched alkanes of at least 4 members (excludes halogenated alkanes) is 6. The Morgan fingerprint density at radius 2 is 1.45 bits per heavy atom. The van der Waals surface area contributed by atoms with Crippen LogP contribution in [0.4, 0.5) is 0 Å². The molecule has 0 heterocycles. The largest absolute Gasteiger partial charge is 0.504 e. The van der Waals surface area contributed by atoms with E-state index < -0.39 is 0 Å². The number of benzene rings is 2. The molecule has 0 aliphatic carbocycles. The third kappa shape index (κ3) is 9.00. The summed E-state index contributed by atoms with van der Waals surface area (Å²) in [5.41, 5.74) is 3.39. The highest BCUT2D eigenvalue weighted by Gasteiger charge is 2.21. The Morgan fingerprint density at radius 3 is 2.05 bits per heavy atom. The minimum Gasteiger partial charge on any atom is -0.504 e. The zero-order chi connectivity index (χ0) is 28.1. The standard InChI is InChI=1S/C32H46O6/c1-22(2)21-25-16-18-26(19-17-25)23(3)32(35)38-20-14-12-10-8-7-9-11-13-15-27-24(4)28(33)30(36-5)31(37-6)29(27)34/h13,15-19,22-23,33-34H,7-12,14,20-21H2,1-6H3/b15-13+. The van der Waals surface area contributed by atoms with E-state index in [0.717, 1.165) is 56.9 Å². The van der Waals surface area contributed by atoms with Crippen LogP contribution >= 0.6 is 0 Å². The van der Waals surface area contributed by atoms with Gasteiger partial charge in [-0.25, -0.2) is 0 Å². The van der Waals surface area contributed by atoms with E-state index in [1.807, 2.05) is 31.2 Å². The Labute approximate surface area is 228 Å². The van der Waals surface area contributed by atoms with Crippen molar-refractivity contribution in [3.8, 4) is 23.0 Å². The van der Waals surface area contributed by atoms with E-state index in [-0.39, 0.29) is 34.9 Å². The van der Waals surface area contributed by atoms with Crippen LogP contribution in [0, 0.1) is 12.8 Å². The second kappa shape index (κ2) is 16.0. The molecule has 2 N–H and O–H groups in total. The minimum absolute atomic E-state index is 0.0299. The van der Waals surface area contributed by atoms with Gasteiger partial charge in [0.25, 0.3) is 0 Å². The van der Waals surface area contributed by atoms with Gasteiger partial charge in [-0.15, -0.1) is 0 Å². The molecule has 0 bridgehead atoms. The van der Waals surface area contributed by atoms with E-state index in [0.29, 0.717) is 23.7 Å². The van der Waals surface area contributed by atoms with Crippen molar-refractivity contribution in [1.82, 2.24) is 0 Å². The van der Waals surface area contributed by atoms with Crippen LogP contribution < -0.4 is 9.47 Å². The van der Waals surface area contributed by atoms with Crippen LogP contribution in [0.25, 0.3) is 6.08 Å². The lowest BCUT2D eigenvalue weighted by atomic mass is 9.97. The van der Waals surface area contributed by atoms with Crippen molar-refractivity contribution in [3.63, 3.8) is 0 Å². The molecule has 2 aromatic carbocycles. The molecule has 0 radical (unpaired) electrons. The lowest BCUT2D eigenvalue weighted by Crippen LogP contribution is -2.14. The fourth-order valence-electron chi connectivity index (χ4n) is 4.52. The summed E-state index contributed by atoms with van der Waals surface area (Å²) in [4.78, 5) is 12.4. The van der Waals surface area contributed by atoms with Crippen LogP contribution in [0.2, 0.25) is 0 Å². The number of carbonyl (C=O) groups is 1. The number of aromatic hydroxyl groups is 2. The molecule has 0 spiro atoms. The van der Waals surface area contributed by atoms with Crippen molar-refractivity contribution in [1.29, 1.82) is 0 Å². The maximum absolute atomic E-state index is 12.4. The van der Waals surface area contributed by atoms with Gasteiger partial charge in [0, 0.05) is 11.1 Å². The number of methoxy groups -OCH3 is 2. The van der Waals surface area contributed by atoms with Gasteiger partial charge in [-0.3, -0.25) is 4.79 Å². The average Bonchev–Trinajstić information content (AvgIpc) is 2.90. The Bertz CT molecular complexity index is 1040. The lowest BCUT2D eigenvalue weighted by Gasteiger charge is -2.16. The summed E-state index contributed by atoms with van der Waals surface area (Å²) < 4.78 is 15.9. The normalized spacial score (nSPS) is 12.2. The molecule has 0 aliphatic heterocycles. The van der Waals surface area contributed by atoms with E-state index >= 15 is 0 Å². The second-order valence-corrected chi connectivity index (χ2v) is 10.3. The first kappa shape index (κ1) is 31.1. The second-order valence-electron chi connectivity index (χ2n) is 10.3. The minimum atomic E-state index is -0.246. The SMILES string of the molecule is COc1c(O)c(C)c(/C=C/CCCCCCCCOC(=O)C(C)c2ccc(CC(C)C)cc2)c(O)c1OC. The summed E-state index contributed by atoms with van der Waals surface area (Å²) >= 11 is 0. The summed E-state index contributed by atoms with van der Waals surface area (Å²) in [7, 11) is 2.85. The van der Waals surface area contributed by atoms with Crippen molar-refractivity contribution in [2.24, 2.45) is 5.92 Å². The summed E-state index contributed by atoms with van der Waals surface area (Å²) in [5.74, 6) is 0.415. The molecule has 0 aliphatic rings. The lowest BCUT2D eigenvalue weighted by molar-refractivity contribution is -0.145. The van der Waals surface area contributed by atoms with Gasteiger partial charge in [-0.2, -0.15) is 0 Å². The molecule has 0 fully saturated rings. The van der Waals surface area contributed by atoms with Crippen LogP contribution in [0.1, 0.15) is 93.9 Å². The van der Waals surface area contributed by atoms with Crippen LogP contribution in [-0.2, 0) is 16.0 Å². The van der Waals surface area contributed by atoms with Gasteiger partial charge in [0.05, 0.1) is 26.7 Å². The van der Waals surface area contributed by atoms with E-state index in [9.17, 15) is 15.0 Å². The van der Waals surface area contributed by atoms with Crippen LogP contribution in [0.3, 0.4) is 0 Å². The van der Waals surface area contributed by atoms with Crippen molar-refractivity contribution in [2.45, 2.75) is 85.0 Å². The predicted octanol–water partition coefficient (Wildman–Crippen LogP) is 7.71. The maximum atomic E-state index is 12.4. The molecule has 2 rings (SSSR count). The summed E-state index contributed by atoms with van der Waals surface area (Å²) in [5, 5.41) is 20.9. The molecule has 6 heteroatoms. The number of phenolic OH excluding ortho intramolecular Hbond substituents is 2. The smallest absolute Gasteiger partial charge is 0.313 e. The third-order valence-corrected chi connectivity index (χ3v) is 6.83. The number of hydrogen-bond acceptors (Lipinski definition) is 6. The Hall–Kier alpha value is -3.15. The predicted molar refractivity (Wildman–Crippen MR) is 153 cm³/mol. The maximum Gasteiger partial charge on any atom is 0.313 e. The Balaban J connectivity index is 1.62. The summed E-state index contributed by atoms with van der Waals surface area (Å²) in [6.45, 7) is 8.52. The first-order valence-corrected chi connectivity index (χ1v) is 13.8. The fraction of sp³-hybridized carbons (Fsp3) is 0.531. The van der Waals surface area contributed by atoms with E-state index in [1.54, 1.807) is 6.92 Å². The molecule has 38 heavy (non-hydrogen) atoms. The monoisotopic (exact) mass is 526 g/mol. The first-order chi connectivity index (χ1) is 18.2. The van der Waals surface area contributed by atoms with Crippen molar-refractivity contribution in [3.05, 3.63) is 52.6 Å². The van der Waals surface area contributed by atoms with E-state index in [4.69, 9.17) is 14.2 Å². The molecule has 0 saturated heterocycles. The number of hydrogen-bond donors (Lipinski definition) is 2. The molecular weight excluding hydrogens is 480 g/mol. The third-order valence-electron chi connectivity index (χ3n) is 6.83. The molecule has 0 saturated carbocycles. The van der Waals surface area contributed by atoms with Crippen LogP contribution in [-0.4, -0.2) is 37.0 Å². The topological polar surface area (TPSA) is 85.2 Å². The van der Waals surface area contributed by atoms with Gasteiger partial charge in [0.2, 0.25) is 11.5 Å². The van der Waals surface area contributed by atoms with E-state index in [2.05, 4.69) is 26.0 Å². The molecular formula is C32H46O6. The molecule has 2 aromatic rings. The van der Waals surface area contributed by atoms with Gasteiger partial charge >= 0.3 is 5.97 Å². The Morgan fingerprint density at radius 1 is 0.868 bits per heavy atom. The molecule has 210 valence electrons. The molecule has 0 aromatic heterocycles. The molecule has 6 nitrogen and oxygen atoms in total. The quantitative estimate of drug-likeness (QED) is 0.132. The summed E-state index contributed by atoms with van der Waals surface area (Å²) in [6, 6.07) is 8.31. The van der Waals surface area contributed by atoms with Gasteiger partial charge in [0.1, 0.15) is 0 Å². The zero-order valence-corrected chi connectivity index (χ0v) is 24.0. The number of esters is 1. The zero-order valence-electron chi connectivity index (χ0n) is 24.0. The average molecular weight is 527 g/mol. The van der Waals surface area contributed by atoms with Crippen molar-refractivity contribution < 1.29 is 29.2 Å². The summed E-state index contributed by atoms with van der Waals surface area (Å²) in [6.07, 6.45) is 12.1. The Kier molecular flexibility index (Phi) is 13.0. The number of ether oxygens (including phenoxy) is 3. The van der Waals surface area contributed by atoms with Gasteiger partial charge in [0.15, 0.2) is 11.5 Å². The van der Waals surface area contributed by atoms with Crippen LogP contribution in [0.15, 0.2) is 30.3 Å². The van der Waals surface area contributed by atoms with Crippen LogP contribution in [0.5, 0.6) is 23.0 Å². The van der Waals surface area contributed by atoms with Gasteiger partial charge in [-0.1, -0.05) is 75.9 Å². The van der Waals surface area contributed by atoms with Crippen molar-refractivity contribution >= 4 is 12.0 Å². The number of carbonyl (C=O) groups excluding carboxylic acids is 1. The first-order valence-electron chi connectivity index (χ1n) is 13.8. The highest BCUT2D eigenvalue weighted by atomic mass is 16.5. The highest BCUT2D eigenvalue weighted by molar-refractivity contribution is 5.77. The van der Waals surface area contributed by atoms with Crippen molar-refractivity contribution in [2.75, 3.05) is 20.8 Å². The number of phenols is 2. The van der Waals surface area contributed by atoms with Gasteiger partial charge in [-0.05, 0) is 56.6 Å². The number of rotatable bonds is 16. The fourth-order valence-corrected chi connectivity index (χ4v) is 4.52. The van der Waals surface area contributed by atoms with Gasteiger partial charge < -0.3 is 24.4 Å². The number of allylic oxidation sites excluding steroid dienone is 1.